The number of nitrogens with zero attached hydrogens (tertiary/aromatic N) is 1. The van der Waals surface area contributed by atoms with Crippen molar-refractivity contribution in [1.82, 2.24) is 4.57 Å². The molecule has 0 radical (unpaired) electrons. The van der Waals surface area contributed by atoms with E-state index in [9.17, 15) is 0 Å². The van der Waals surface area contributed by atoms with E-state index in [0.717, 1.165) is 17.1 Å². The molecule has 2 aromatic rings. The topological polar surface area (TPSA) is 30.9 Å². The number of rotatable bonds is 3. The summed E-state index contributed by atoms with van der Waals surface area (Å²) in [6.07, 6.45) is 4.10. The van der Waals surface area contributed by atoms with Crippen molar-refractivity contribution >= 4 is 11.6 Å². The minimum atomic E-state index is 0.591. The van der Waals surface area contributed by atoms with Crippen molar-refractivity contribution in [3.8, 4) is 0 Å². The van der Waals surface area contributed by atoms with Gasteiger partial charge in [-0.2, -0.15) is 0 Å². The summed E-state index contributed by atoms with van der Waals surface area (Å²) in [4.78, 5) is 0. The standard InChI is InChI=1S/C12H13ClN2/c13-12-3-1-10(2-4-12)8-15-6-5-11(7-14)9-15/h1-6,9H,7-8,14H2. The van der Waals surface area contributed by atoms with Crippen LogP contribution >= 0.6 is 11.6 Å². The van der Waals surface area contributed by atoms with E-state index >= 15 is 0 Å². The Morgan fingerprint density at radius 2 is 1.80 bits per heavy atom. The summed E-state index contributed by atoms with van der Waals surface area (Å²) in [6.45, 7) is 1.45. The quantitative estimate of drug-likeness (QED) is 0.847. The van der Waals surface area contributed by atoms with Gasteiger partial charge in [0.1, 0.15) is 0 Å². The molecule has 0 saturated heterocycles. The highest BCUT2D eigenvalue weighted by molar-refractivity contribution is 6.30. The molecule has 1 aromatic heterocycles. The molecule has 2 nitrogen and oxygen atoms in total. The predicted molar refractivity (Wildman–Crippen MR) is 62.9 cm³/mol. The van der Waals surface area contributed by atoms with Crippen LogP contribution in [-0.4, -0.2) is 4.57 Å². The molecule has 0 bridgehead atoms. The maximum atomic E-state index is 5.82. The molecule has 1 heterocycles. The Bertz CT molecular complexity index is 431. The molecule has 2 rings (SSSR count). The van der Waals surface area contributed by atoms with E-state index in [1.807, 2.05) is 36.5 Å². The highest BCUT2D eigenvalue weighted by Gasteiger charge is 1.96. The average molecular weight is 221 g/mol. The van der Waals surface area contributed by atoms with Gasteiger partial charge in [-0.25, -0.2) is 0 Å². The molecule has 0 amide bonds. The van der Waals surface area contributed by atoms with Gasteiger partial charge in [0.2, 0.25) is 0 Å². The second-order valence-corrected chi connectivity index (χ2v) is 3.96. The number of halogens is 1. The first-order valence-electron chi connectivity index (χ1n) is 4.87. The summed E-state index contributed by atoms with van der Waals surface area (Å²) >= 11 is 5.82. The van der Waals surface area contributed by atoms with Crippen molar-refractivity contribution in [1.29, 1.82) is 0 Å². The van der Waals surface area contributed by atoms with E-state index in [0.29, 0.717) is 6.54 Å². The summed E-state index contributed by atoms with van der Waals surface area (Å²) in [5.41, 5.74) is 7.94. The fourth-order valence-electron chi connectivity index (χ4n) is 1.51. The lowest BCUT2D eigenvalue weighted by atomic mass is 10.2. The molecule has 0 aliphatic carbocycles. The van der Waals surface area contributed by atoms with Gasteiger partial charge in [-0.15, -0.1) is 0 Å². The van der Waals surface area contributed by atoms with Gasteiger partial charge in [-0.05, 0) is 29.3 Å². The second-order valence-electron chi connectivity index (χ2n) is 3.52. The third-order valence-electron chi connectivity index (χ3n) is 2.33. The van der Waals surface area contributed by atoms with Crippen LogP contribution in [0.2, 0.25) is 5.02 Å². The highest BCUT2D eigenvalue weighted by atomic mass is 35.5. The normalized spacial score (nSPS) is 10.5. The Morgan fingerprint density at radius 1 is 1.07 bits per heavy atom. The van der Waals surface area contributed by atoms with Gasteiger partial charge in [-0.3, -0.25) is 0 Å². The molecular weight excluding hydrogens is 208 g/mol. The van der Waals surface area contributed by atoms with Crippen LogP contribution in [-0.2, 0) is 13.1 Å². The predicted octanol–water partition coefficient (Wildman–Crippen LogP) is 2.65. The van der Waals surface area contributed by atoms with Crippen molar-refractivity contribution in [2.45, 2.75) is 13.1 Å². The summed E-state index contributed by atoms with van der Waals surface area (Å²) in [6, 6.07) is 9.92. The zero-order valence-electron chi connectivity index (χ0n) is 8.36. The van der Waals surface area contributed by atoms with Crippen LogP contribution in [0.5, 0.6) is 0 Å². The van der Waals surface area contributed by atoms with Crippen LogP contribution < -0.4 is 5.73 Å². The van der Waals surface area contributed by atoms with Crippen molar-refractivity contribution < 1.29 is 0 Å². The molecule has 0 saturated carbocycles. The molecule has 2 N–H and O–H groups in total. The number of hydrogen-bond acceptors (Lipinski definition) is 1. The second kappa shape index (κ2) is 4.51. The average Bonchev–Trinajstić information content (AvgIpc) is 2.69. The van der Waals surface area contributed by atoms with Gasteiger partial charge in [0, 0.05) is 30.5 Å². The molecule has 0 atom stereocenters. The Hall–Kier alpha value is -1.25. The molecular formula is C12H13ClN2. The molecule has 1 aromatic carbocycles. The monoisotopic (exact) mass is 220 g/mol. The van der Waals surface area contributed by atoms with Gasteiger partial charge >= 0.3 is 0 Å². The number of aromatic nitrogens is 1. The SMILES string of the molecule is NCc1ccn(Cc2ccc(Cl)cc2)c1. The minimum absolute atomic E-state index is 0.591. The first-order valence-corrected chi connectivity index (χ1v) is 5.25. The molecule has 3 heteroatoms. The maximum Gasteiger partial charge on any atom is 0.0470 e. The zero-order valence-corrected chi connectivity index (χ0v) is 9.11. The summed E-state index contributed by atoms with van der Waals surface area (Å²) in [5, 5.41) is 0.772. The van der Waals surface area contributed by atoms with Crippen LogP contribution in [0.15, 0.2) is 42.7 Å². The van der Waals surface area contributed by atoms with Crippen LogP contribution in [0.25, 0.3) is 0 Å². The molecule has 0 spiro atoms. The molecule has 0 unspecified atom stereocenters. The van der Waals surface area contributed by atoms with E-state index < -0.39 is 0 Å². The van der Waals surface area contributed by atoms with Crippen LogP contribution in [0.1, 0.15) is 11.1 Å². The van der Waals surface area contributed by atoms with Crippen molar-refractivity contribution in [3.63, 3.8) is 0 Å². The lowest BCUT2D eigenvalue weighted by molar-refractivity contribution is 0.801. The summed E-state index contributed by atoms with van der Waals surface area (Å²) in [7, 11) is 0. The van der Waals surface area contributed by atoms with Crippen LogP contribution in [0, 0.1) is 0 Å². The molecule has 0 fully saturated rings. The Kier molecular flexibility index (Phi) is 3.09. The van der Waals surface area contributed by atoms with E-state index in [1.165, 1.54) is 5.56 Å². The minimum Gasteiger partial charge on any atom is -0.350 e. The Balaban J connectivity index is 2.11. The summed E-state index contributed by atoms with van der Waals surface area (Å²) < 4.78 is 2.12. The summed E-state index contributed by atoms with van der Waals surface area (Å²) in [5.74, 6) is 0. The van der Waals surface area contributed by atoms with Crippen LogP contribution in [0.4, 0.5) is 0 Å². The molecule has 0 aliphatic rings. The molecule has 78 valence electrons. The van der Waals surface area contributed by atoms with Crippen molar-refractivity contribution in [2.75, 3.05) is 0 Å². The third-order valence-corrected chi connectivity index (χ3v) is 2.58. The van der Waals surface area contributed by atoms with E-state index in [1.54, 1.807) is 0 Å². The number of hydrogen-bond donors (Lipinski definition) is 1. The molecule has 15 heavy (non-hydrogen) atoms. The van der Waals surface area contributed by atoms with Crippen molar-refractivity contribution in [3.05, 3.63) is 58.9 Å². The van der Waals surface area contributed by atoms with E-state index in [-0.39, 0.29) is 0 Å². The maximum absolute atomic E-state index is 5.82. The fraction of sp³-hybridized carbons (Fsp3) is 0.167. The first kappa shape index (κ1) is 10.3. The lowest BCUT2D eigenvalue weighted by Gasteiger charge is -2.02. The van der Waals surface area contributed by atoms with Gasteiger partial charge in [-0.1, -0.05) is 23.7 Å². The number of nitrogens with two attached hydrogens (primary N) is 1. The first-order chi connectivity index (χ1) is 7.28. The van der Waals surface area contributed by atoms with E-state index in [2.05, 4.69) is 10.8 Å². The molecule has 0 aliphatic heterocycles. The largest absolute Gasteiger partial charge is 0.350 e. The van der Waals surface area contributed by atoms with E-state index in [4.69, 9.17) is 17.3 Å². The van der Waals surface area contributed by atoms with Crippen LogP contribution in [0.3, 0.4) is 0 Å². The Labute approximate surface area is 94.3 Å². The van der Waals surface area contributed by atoms with Gasteiger partial charge in [0.15, 0.2) is 0 Å². The van der Waals surface area contributed by atoms with Crippen molar-refractivity contribution in [2.24, 2.45) is 5.73 Å². The Morgan fingerprint density at radius 3 is 2.40 bits per heavy atom. The fourth-order valence-corrected chi connectivity index (χ4v) is 1.64. The van der Waals surface area contributed by atoms with Gasteiger partial charge in [0.05, 0.1) is 0 Å². The van der Waals surface area contributed by atoms with Gasteiger partial charge < -0.3 is 10.3 Å². The smallest absolute Gasteiger partial charge is 0.0470 e. The number of benzene rings is 1. The zero-order chi connectivity index (χ0) is 10.7. The lowest BCUT2D eigenvalue weighted by Crippen LogP contribution is -1.97. The van der Waals surface area contributed by atoms with Gasteiger partial charge in [0.25, 0.3) is 0 Å². The highest BCUT2D eigenvalue weighted by Crippen LogP contribution is 2.11. The third kappa shape index (κ3) is 2.61.